The summed E-state index contributed by atoms with van der Waals surface area (Å²) in [6, 6.07) is 15.2. The van der Waals surface area contributed by atoms with Gasteiger partial charge in [0.1, 0.15) is 12.6 Å². The van der Waals surface area contributed by atoms with Crippen molar-refractivity contribution in [1.29, 1.82) is 0 Å². The van der Waals surface area contributed by atoms with Crippen molar-refractivity contribution in [3.63, 3.8) is 0 Å². The summed E-state index contributed by atoms with van der Waals surface area (Å²) in [4.78, 5) is 20.8. The Balaban J connectivity index is 2.19. The predicted octanol–water partition coefficient (Wildman–Crippen LogP) is 3.40. The highest BCUT2D eigenvalue weighted by molar-refractivity contribution is 6.01. The van der Waals surface area contributed by atoms with Crippen LogP contribution >= 0.6 is 0 Å². The molecule has 2 aromatic heterocycles. The van der Waals surface area contributed by atoms with Gasteiger partial charge in [-0.05, 0) is 6.07 Å². The normalized spacial score (nSPS) is 11.0. The number of para-hydroxylation sites is 1. The average molecular weight is 274 g/mol. The molecular weight excluding hydrogens is 264 g/mol. The quantitative estimate of drug-likeness (QED) is 0.534. The monoisotopic (exact) mass is 274 g/mol. The Kier molecular flexibility index (Phi) is 2.54. The van der Waals surface area contributed by atoms with Crippen molar-refractivity contribution in [2.24, 2.45) is 0 Å². The Bertz CT molecular complexity index is 1020. The minimum Gasteiger partial charge on any atom is -0.430 e. The van der Waals surface area contributed by atoms with Crippen LogP contribution in [0.25, 0.3) is 32.9 Å². The molecular formula is C17H10N2O2. The van der Waals surface area contributed by atoms with Gasteiger partial charge in [-0.15, -0.1) is 0 Å². The van der Waals surface area contributed by atoms with Crippen LogP contribution in [0.2, 0.25) is 0 Å². The van der Waals surface area contributed by atoms with Crippen molar-refractivity contribution >= 4 is 21.7 Å². The smallest absolute Gasteiger partial charge is 0.345 e. The van der Waals surface area contributed by atoms with E-state index in [4.69, 9.17) is 4.42 Å². The van der Waals surface area contributed by atoms with Gasteiger partial charge < -0.3 is 4.42 Å². The summed E-state index contributed by atoms with van der Waals surface area (Å²) in [5.74, 6) is 0. The summed E-state index contributed by atoms with van der Waals surface area (Å²) >= 11 is 0. The van der Waals surface area contributed by atoms with Gasteiger partial charge >= 0.3 is 5.63 Å². The Hall–Kier alpha value is -3.01. The van der Waals surface area contributed by atoms with Crippen LogP contribution < -0.4 is 5.63 Å². The summed E-state index contributed by atoms with van der Waals surface area (Å²) in [5.41, 5.74) is 1.49. The summed E-state index contributed by atoms with van der Waals surface area (Å²) in [7, 11) is 0. The molecule has 0 aliphatic carbocycles. The third-order valence-corrected chi connectivity index (χ3v) is 3.51. The van der Waals surface area contributed by atoms with Crippen LogP contribution in [-0.4, -0.2) is 9.97 Å². The second-order valence-electron chi connectivity index (χ2n) is 4.72. The lowest BCUT2D eigenvalue weighted by atomic mass is 10.0. The fourth-order valence-electron chi connectivity index (χ4n) is 2.54. The topological polar surface area (TPSA) is 56.0 Å². The van der Waals surface area contributed by atoms with Crippen LogP contribution in [0.1, 0.15) is 0 Å². The fourth-order valence-corrected chi connectivity index (χ4v) is 2.54. The first-order chi connectivity index (χ1) is 10.3. The molecule has 0 N–H and O–H groups in total. The molecule has 0 fully saturated rings. The molecule has 0 amide bonds. The van der Waals surface area contributed by atoms with Crippen molar-refractivity contribution in [2.75, 3.05) is 0 Å². The molecule has 4 nitrogen and oxygen atoms in total. The number of benzene rings is 2. The van der Waals surface area contributed by atoms with Gasteiger partial charge in [-0.1, -0.05) is 42.5 Å². The van der Waals surface area contributed by atoms with Gasteiger partial charge in [0.2, 0.25) is 0 Å². The van der Waals surface area contributed by atoms with E-state index in [1.54, 1.807) is 0 Å². The largest absolute Gasteiger partial charge is 0.430 e. The lowest BCUT2D eigenvalue weighted by molar-refractivity contribution is 0.520. The molecule has 2 heterocycles. The molecule has 0 aliphatic heterocycles. The second kappa shape index (κ2) is 4.52. The highest BCUT2D eigenvalue weighted by Gasteiger charge is 2.14. The van der Waals surface area contributed by atoms with E-state index in [-0.39, 0.29) is 0 Å². The Morgan fingerprint density at radius 1 is 0.857 bits per heavy atom. The highest BCUT2D eigenvalue weighted by Crippen LogP contribution is 2.28. The van der Waals surface area contributed by atoms with Gasteiger partial charge in [-0.25, -0.2) is 14.8 Å². The molecule has 0 atom stereocenters. The molecule has 2 aromatic carbocycles. The molecule has 0 spiro atoms. The van der Waals surface area contributed by atoms with Crippen LogP contribution in [0.3, 0.4) is 0 Å². The summed E-state index contributed by atoms with van der Waals surface area (Å²) < 4.78 is 5.16. The zero-order valence-electron chi connectivity index (χ0n) is 11.0. The first-order valence-electron chi connectivity index (χ1n) is 6.55. The molecule has 0 radical (unpaired) electrons. The Morgan fingerprint density at radius 3 is 2.52 bits per heavy atom. The molecule has 0 saturated heterocycles. The minimum absolute atomic E-state index is 0.391. The third kappa shape index (κ3) is 1.80. The average Bonchev–Trinajstić information content (AvgIpc) is 2.54. The van der Waals surface area contributed by atoms with Gasteiger partial charge in [0.15, 0.2) is 0 Å². The van der Waals surface area contributed by atoms with Crippen LogP contribution in [0.5, 0.6) is 0 Å². The van der Waals surface area contributed by atoms with E-state index in [0.29, 0.717) is 11.3 Å². The Morgan fingerprint density at radius 2 is 1.62 bits per heavy atom. The van der Waals surface area contributed by atoms with E-state index in [9.17, 15) is 4.79 Å². The van der Waals surface area contributed by atoms with Crippen molar-refractivity contribution in [2.45, 2.75) is 0 Å². The fraction of sp³-hybridized carbons (Fsp3) is 0. The molecule has 4 rings (SSSR count). The lowest BCUT2D eigenvalue weighted by Gasteiger charge is -2.06. The molecule has 100 valence electrons. The number of hydrogen-bond donors (Lipinski definition) is 0. The Labute approximate surface area is 119 Å². The van der Waals surface area contributed by atoms with Gasteiger partial charge in [-0.2, -0.15) is 0 Å². The first-order valence-corrected chi connectivity index (χ1v) is 6.55. The maximum atomic E-state index is 12.3. The van der Waals surface area contributed by atoms with Crippen LogP contribution in [-0.2, 0) is 0 Å². The summed E-state index contributed by atoms with van der Waals surface area (Å²) in [6.45, 7) is 0. The number of nitrogens with zero attached hydrogens (tertiary/aromatic N) is 2. The predicted molar refractivity (Wildman–Crippen MR) is 81.0 cm³/mol. The third-order valence-electron chi connectivity index (χ3n) is 3.51. The first kappa shape index (κ1) is 11.8. The molecule has 4 heteroatoms. The van der Waals surface area contributed by atoms with E-state index < -0.39 is 5.63 Å². The van der Waals surface area contributed by atoms with E-state index in [1.807, 2.05) is 48.5 Å². The molecule has 4 aromatic rings. The van der Waals surface area contributed by atoms with Crippen molar-refractivity contribution in [3.8, 4) is 11.3 Å². The maximum Gasteiger partial charge on any atom is 0.345 e. The van der Waals surface area contributed by atoms with E-state index in [0.717, 1.165) is 21.7 Å². The summed E-state index contributed by atoms with van der Waals surface area (Å²) in [6.07, 6.45) is 2.95. The van der Waals surface area contributed by atoms with E-state index in [1.165, 1.54) is 12.6 Å². The minimum atomic E-state index is -0.391. The highest BCUT2D eigenvalue weighted by atomic mass is 16.4. The molecule has 0 saturated carbocycles. The second-order valence-corrected chi connectivity index (χ2v) is 4.72. The maximum absolute atomic E-state index is 12.3. The van der Waals surface area contributed by atoms with Crippen LogP contribution in [0, 0.1) is 0 Å². The van der Waals surface area contributed by atoms with Crippen LogP contribution in [0.4, 0.5) is 0 Å². The van der Waals surface area contributed by atoms with Crippen molar-refractivity contribution in [1.82, 2.24) is 9.97 Å². The molecule has 0 bridgehead atoms. The molecule has 21 heavy (non-hydrogen) atoms. The van der Waals surface area contributed by atoms with E-state index in [2.05, 4.69) is 9.97 Å². The zero-order valence-corrected chi connectivity index (χ0v) is 11.0. The SMILES string of the molecule is O=c1occ2ccccc2c1-c1ncnc2ccccc12. The standard InChI is InChI=1S/C17H10N2O2/c20-17-15(12-6-2-1-5-11(12)9-21-17)16-13-7-3-4-8-14(13)18-10-19-16/h1-10H. The number of aromatic nitrogens is 2. The number of hydrogen-bond acceptors (Lipinski definition) is 4. The summed E-state index contributed by atoms with van der Waals surface area (Å²) in [5, 5.41) is 2.54. The zero-order chi connectivity index (χ0) is 14.2. The lowest BCUT2D eigenvalue weighted by Crippen LogP contribution is -2.05. The number of rotatable bonds is 1. The molecule has 0 aliphatic rings. The van der Waals surface area contributed by atoms with Gasteiger partial charge in [0, 0.05) is 16.2 Å². The van der Waals surface area contributed by atoms with Crippen molar-refractivity contribution in [3.05, 3.63) is 71.5 Å². The number of fused-ring (bicyclic) bond motifs is 2. The van der Waals surface area contributed by atoms with Gasteiger partial charge in [0.05, 0.1) is 16.8 Å². The van der Waals surface area contributed by atoms with Gasteiger partial charge in [-0.3, -0.25) is 0 Å². The van der Waals surface area contributed by atoms with Crippen LogP contribution in [0.15, 0.2) is 70.3 Å². The van der Waals surface area contributed by atoms with E-state index >= 15 is 0 Å². The van der Waals surface area contributed by atoms with Gasteiger partial charge in [0.25, 0.3) is 0 Å². The molecule has 0 unspecified atom stereocenters. The van der Waals surface area contributed by atoms with Crippen molar-refractivity contribution < 1.29 is 4.42 Å².